The maximum absolute atomic E-state index is 5.10. The molecule has 9 aromatic rings. The fraction of sp³-hybridized carbons (Fsp3) is 0. The van der Waals surface area contributed by atoms with Crippen molar-refractivity contribution in [2.75, 3.05) is 9.80 Å². The van der Waals surface area contributed by atoms with Crippen molar-refractivity contribution in [3.05, 3.63) is 176 Å². The molecule has 0 aliphatic carbocycles. The normalized spacial score (nSPS) is 12.2. The third kappa shape index (κ3) is 4.88. The molecule has 3 heterocycles. The van der Waals surface area contributed by atoms with Crippen LogP contribution in [0.2, 0.25) is 0 Å². The van der Waals surface area contributed by atoms with Gasteiger partial charge in [-0.2, -0.15) is 0 Å². The van der Waals surface area contributed by atoms with Crippen LogP contribution >= 0.6 is 11.3 Å². The summed E-state index contributed by atoms with van der Waals surface area (Å²) in [4.78, 5) is 19.9. The van der Waals surface area contributed by atoms with E-state index in [0.29, 0.717) is 17.5 Å². The number of hydrogen-bond acceptors (Lipinski definition) is 6. The minimum atomic E-state index is 0.655. The lowest BCUT2D eigenvalue weighted by Gasteiger charge is -2.40. The van der Waals surface area contributed by atoms with Gasteiger partial charge >= 0.3 is 0 Å². The van der Waals surface area contributed by atoms with Crippen molar-refractivity contribution in [3.8, 4) is 34.2 Å². The van der Waals surface area contributed by atoms with Crippen LogP contribution in [0.15, 0.2) is 176 Å². The Kier molecular flexibility index (Phi) is 6.93. The van der Waals surface area contributed by atoms with Crippen molar-refractivity contribution >= 4 is 65.6 Å². The minimum Gasteiger partial charge on any atom is -0.306 e. The highest BCUT2D eigenvalue weighted by atomic mass is 32.1. The summed E-state index contributed by atoms with van der Waals surface area (Å²) < 4.78 is 2.35. The van der Waals surface area contributed by atoms with Crippen molar-refractivity contribution in [2.24, 2.45) is 0 Å². The van der Waals surface area contributed by atoms with Crippen LogP contribution in [0.25, 0.3) is 54.3 Å². The van der Waals surface area contributed by atoms with E-state index in [1.807, 2.05) is 60.7 Å². The number of rotatable bonds is 5. The van der Waals surface area contributed by atoms with Crippen LogP contribution in [0.1, 0.15) is 0 Å². The Bertz CT molecular complexity index is 2600. The molecule has 0 unspecified atom stereocenters. The molecule has 0 N–H and O–H groups in total. The third-order valence-corrected chi connectivity index (χ3v) is 10.7. The van der Waals surface area contributed by atoms with E-state index in [0.717, 1.165) is 55.5 Å². The molecule has 0 radical (unpaired) electrons. The zero-order valence-corrected chi connectivity index (χ0v) is 28.2. The van der Waals surface area contributed by atoms with Gasteiger partial charge < -0.3 is 9.80 Å². The number of aromatic nitrogens is 3. The first kappa shape index (κ1) is 29.3. The van der Waals surface area contributed by atoms with E-state index >= 15 is 0 Å². The highest BCUT2D eigenvalue weighted by Gasteiger charge is 2.31. The van der Waals surface area contributed by atoms with Crippen LogP contribution in [0.3, 0.4) is 0 Å². The summed E-state index contributed by atoms with van der Waals surface area (Å²) >= 11 is 1.80. The fourth-order valence-corrected chi connectivity index (χ4v) is 8.46. The molecule has 0 atom stereocenters. The largest absolute Gasteiger partial charge is 0.306 e. The summed E-state index contributed by atoms with van der Waals surface area (Å²) in [6.45, 7) is 0. The Labute approximate surface area is 299 Å². The molecule has 240 valence electrons. The maximum Gasteiger partial charge on any atom is 0.165 e. The van der Waals surface area contributed by atoms with Gasteiger partial charge in [-0.05, 0) is 48.5 Å². The van der Waals surface area contributed by atoms with Gasteiger partial charge in [0.15, 0.2) is 17.5 Å². The van der Waals surface area contributed by atoms with Crippen molar-refractivity contribution in [2.45, 2.75) is 0 Å². The highest BCUT2D eigenvalue weighted by molar-refractivity contribution is 7.27. The second-order valence-corrected chi connectivity index (χ2v) is 13.5. The van der Waals surface area contributed by atoms with Gasteiger partial charge in [0.05, 0.1) is 33.1 Å². The second-order valence-electron chi connectivity index (χ2n) is 12.5. The Morgan fingerprint density at radius 2 is 0.765 bits per heavy atom. The van der Waals surface area contributed by atoms with Crippen molar-refractivity contribution in [3.63, 3.8) is 0 Å². The van der Waals surface area contributed by atoms with Gasteiger partial charge in [0, 0.05) is 37.9 Å². The lowest BCUT2D eigenvalue weighted by Crippen LogP contribution is -2.23. The molecule has 1 aliphatic rings. The van der Waals surface area contributed by atoms with E-state index < -0.39 is 0 Å². The number of para-hydroxylation sites is 5. The monoisotopic (exact) mass is 671 g/mol. The predicted octanol–water partition coefficient (Wildman–Crippen LogP) is 12.5. The van der Waals surface area contributed by atoms with Gasteiger partial charge in [-0.3, -0.25) is 0 Å². The Morgan fingerprint density at radius 1 is 0.333 bits per heavy atom. The molecular formula is C45H29N5S. The first-order valence-electron chi connectivity index (χ1n) is 17.0. The van der Waals surface area contributed by atoms with E-state index in [9.17, 15) is 0 Å². The first-order chi connectivity index (χ1) is 25.3. The molecule has 2 aromatic heterocycles. The number of hydrogen-bond donors (Lipinski definition) is 0. The molecule has 0 amide bonds. The van der Waals surface area contributed by atoms with Crippen LogP contribution in [-0.4, -0.2) is 15.0 Å². The van der Waals surface area contributed by atoms with E-state index in [1.165, 1.54) is 15.5 Å². The standard InChI is InChI=1S/C45H29N5S/c1-4-16-30(17-5-1)43-46-44(31-18-6-2-7-19-31)48-45(47-43)35-24-14-22-33-34-23-15-29-40(42(34)51-41(33)35)50-38-27-12-10-25-36(38)49(32-20-8-3-9-21-32)37-26-11-13-28-39(37)50/h1-29H. The molecule has 0 spiro atoms. The van der Waals surface area contributed by atoms with Gasteiger partial charge in [0.1, 0.15) is 0 Å². The molecule has 0 saturated carbocycles. The maximum atomic E-state index is 5.10. The summed E-state index contributed by atoms with van der Waals surface area (Å²) in [6.07, 6.45) is 0. The van der Waals surface area contributed by atoms with Crippen LogP contribution in [0, 0.1) is 0 Å². The van der Waals surface area contributed by atoms with E-state index in [2.05, 4.69) is 125 Å². The van der Waals surface area contributed by atoms with Gasteiger partial charge in [-0.1, -0.05) is 127 Å². The van der Waals surface area contributed by atoms with Crippen LogP contribution < -0.4 is 9.80 Å². The summed E-state index contributed by atoms with van der Waals surface area (Å²) in [5.74, 6) is 1.97. The number of fused-ring (bicyclic) bond motifs is 5. The number of thiophene rings is 1. The summed E-state index contributed by atoms with van der Waals surface area (Å²) in [6, 6.07) is 61.4. The number of benzene rings is 7. The molecule has 7 aromatic carbocycles. The molecule has 6 heteroatoms. The minimum absolute atomic E-state index is 0.655. The number of anilines is 6. The van der Waals surface area contributed by atoms with E-state index in [1.54, 1.807) is 11.3 Å². The second kappa shape index (κ2) is 12.1. The van der Waals surface area contributed by atoms with Crippen LogP contribution in [0.4, 0.5) is 34.1 Å². The summed E-state index contributed by atoms with van der Waals surface area (Å²) in [5, 5.41) is 2.39. The molecule has 1 aliphatic heterocycles. The van der Waals surface area contributed by atoms with Crippen LogP contribution in [-0.2, 0) is 0 Å². The average Bonchev–Trinajstić information content (AvgIpc) is 3.60. The molecule has 0 fully saturated rings. The third-order valence-electron chi connectivity index (χ3n) is 9.43. The molecule has 0 bridgehead atoms. The number of nitrogens with zero attached hydrogens (tertiary/aromatic N) is 5. The molecule has 5 nitrogen and oxygen atoms in total. The van der Waals surface area contributed by atoms with Crippen molar-refractivity contribution in [1.82, 2.24) is 15.0 Å². The van der Waals surface area contributed by atoms with Crippen LogP contribution in [0.5, 0.6) is 0 Å². The van der Waals surface area contributed by atoms with E-state index in [4.69, 9.17) is 15.0 Å². The quantitative estimate of drug-likeness (QED) is 0.182. The fourth-order valence-electron chi connectivity index (χ4n) is 7.15. The topological polar surface area (TPSA) is 45.2 Å². The van der Waals surface area contributed by atoms with Gasteiger partial charge in [-0.15, -0.1) is 11.3 Å². The lowest BCUT2D eigenvalue weighted by molar-refractivity contribution is 1.08. The van der Waals surface area contributed by atoms with Gasteiger partial charge in [-0.25, -0.2) is 15.0 Å². The lowest BCUT2D eigenvalue weighted by atomic mass is 10.0. The van der Waals surface area contributed by atoms with Crippen molar-refractivity contribution < 1.29 is 0 Å². The smallest absolute Gasteiger partial charge is 0.165 e. The Morgan fingerprint density at radius 3 is 1.33 bits per heavy atom. The zero-order chi connectivity index (χ0) is 33.7. The molecule has 51 heavy (non-hydrogen) atoms. The molecule has 0 saturated heterocycles. The zero-order valence-electron chi connectivity index (χ0n) is 27.4. The van der Waals surface area contributed by atoms with Gasteiger partial charge in [0.25, 0.3) is 0 Å². The summed E-state index contributed by atoms with van der Waals surface area (Å²) in [5.41, 5.74) is 9.69. The first-order valence-corrected chi connectivity index (χ1v) is 17.8. The predicted molar refractivity (Wildman–Crippen MR) is 212 cm³/mol. The summed E-state index contributed by atoms with van der Waals surface area (Å²) in [7, 11) is 0. The molecular weight excluding hydrogens is 643 g/mol. The highest BCUT2D eigenvalue weighted by Crippen LogP contribution is 2.56. The molecule has 10 rings (SSSR count). The Balaban J connectivity index is 1.19. The van der Waals surface area contributed by atoms with E-state index in [-0.39, 0.29) is 0 Å². The average molecular weight is 672 g/mol. The SMILES string of the molecule is c1ccc(-c2nc(-c3ccccc3)nc(-c3cccc4c3sc3c(N5c6ccccc6N(c6ccccc6)c6ccccc65)cccc34)n2)cc1. The van der Waals surface area contributed by atoms with Crippen molar-refractivity contribution in [1.29, 1.82) is 0 Å². The van der Waals surface area contributed by atoms with Gasteiger partial charge in [0.2, 0.25) is 0 Å². The Hall–Kier alpha value is -6.63.